The van der Waals surface area contributed by atoms with E-state index in [0.29, 0.717) is 36.1 Å². The summed E-state index contributed by atoms with van der Waals surface area (Å²) in [7, 11) is 0. The van der Waals surface area contributed by atoms with Crippen LogP contribution in [0, 0.1) is 0 Å². The standard InChI is InChI=1S/C30H26ClN5O2/c31-23-10-2-1-8-21(23)26-35-30(11-3-4-12-30)28(38)36(26)14-6-7-19-15-20-16-29(17-24(20)33-18-19)22-9-5-13-32-25(22)34-27(29)37/h1-2,5-10,13,15,18H,3-4,11-12,14,16-17H2,(H,32,34,37)/t29-/m0/s1. The zero-order valence-electron chi connectivity index (χ0n) is 20.8. The molecule has 0 saturated heterocycles. The number of carbonyl (C=O) groups is 2. The number of hydrogen-bond acceptors (Lipinski definition) is 5. The molecule has 1 fully saturated rings. The van der Waals surface area contributed by atoms with E-state index in [1.54, 1.807) is 11.1 Å². The number of amidine groups is 1. The summed E-state index contributed by atoms with van der Waals surface area (Å²) in [5.41, 5.74) is 3.38. The molecular formula is C30H26ClN5O2. The number of nitrogens with zero attached hydrogens (tertiary/aromatic N) is 4. The van der Waals surface area contributed by atoms with Crippen molar-refractivity contribution in [1.82, 2.24) is 14.9 Å². The second-order valence-corrected chi connectivity index (χ2v) is 11.0. The molecule has 8 heteroatoms. The summed E-state index contributed by atoms with van der Waals surface area (Å²) in [6, 6.07) is 13.5. The van der Waals surface area contributed by atoms with Crippen LogP contribution in [0.15, 0.2) is 65.9 Å². The van der Waals surface area contributed by atoms with E-state index in [1.165, 1.54) is 0 Å². The average molecular weight is 524 g/mol. The van der Waals surface area contributed by atoms with Gasteiger partial charge in [0, 0.05) is 42.2 Å². The Kier molecular flexibility index (Phi) is 5.27. The van der Waals surface area contributed by atoms with Crippen LogP contribution in [0.3, 0.4) is 0 Å². The lowest BCUT2D eigenvalue weighted by Gasteiger charge is -2.21. The predicted molar refractivity (Wildman–Crippen MR) is 146 cm³/mol. The molecule has 1 atom stereocenters. The molecule has 4 heterocycles. The van der Waals surface area contributed by atoms with Gasteiger partial charge in [0.1, 0.15) is 17.2 Å². The molecule has 2 aliphatic heterocycles. The van der Waals surface area contributed by atoms with Gasteiger partial charge in [0.2, 0.25) is 5.91 Å². The molecular weight excluding hydrogens is 498 g/mol. The maximum atomic E-state index is 13.6. The Morgan fingerprint density at radius 3 is 2.74 bits per heavy atom. The lowest BCUT2D eigenvalue weighted by molar-refractivity contribution is -0.130. The Hall–Kier alpha value is -3.84. The second-order valence-electron chi connectivity index (χ2n) is 10.6. The Balaban J connectivity index is 1.14. The number of rotatable bonds is 4. The molecule has 2 spiro atoms. The summed E-state index contributed by atoms with van der Waals surface area (Å²) < 4.78 is 0. The number of aromatic nitrogens is 2. The van der Waals surface area contributed by atoms with Crippen LogP contribution >= 0.6 is 11.6 Å². The normalized spacial score (nSPS) is 23.0. The van der Waals surface area contributed by atoms with Crippen molar-refractivity contribution in [2.24, 2.45) is 4.99 Å². The third-order valence-corrected chi connectivity index (χ3v) is 8.72. The van der Waals surface area contributed by atoms with Crippen LogP contribution in [-0.2, 0) is 27.8 Å². The van der Waals surface area contributed by atoms with Crippen molar-refractivity contribution >= 4 is 41.1 Å². The number of hydrogen-bond donors (Lipinski definition) is 1. The third kappa shape index (κ3) is 3.45. The van der Waals surface area contributed by atoms with Gasteiger partial charge in [-0.05, 0) is 54.7 Å². The Morgan fingerprint density at radius 2 is 1.89 bits per heavy atom. The van der Waals surface area contributed by atoms with Gasteiger partial charge in [0.15, 0.2) is 0 Å². The minimum atomic E-state index is -0.654. The van der Waals surface area contributed by atoms with E-state index in [9.17, 15) is 9.59 Å². The molecule has 2 aromatic heterocycles. The number of carbonyl (C=O) groups excluding carboxylic acids is 2. The van der Waals surface area contributed by atoms with Gasteiger partial charge in [-0.25, -0.2) is 4.98 Å². The summed E-state index contributed by atoms with van der Waals surface area (Å²) in [6.45, 7) is 0.396. The first-order valence-corrected chi connectivity index (χ1v) is 13.4. The van der Waals surface area contributed by atoms with Gasteiger partial charge in [-0.3, -0.25) is 24.5 Å². The van der Waals surface area contributed by atoms with Crippen molar-refractivity contribution < 1.29 is 9.59 Å². The van der Waals surface area contributed by atoms with Crippen molar-refractivity contribution in [3.05, 3.63) is 93.9 Å². The van der Waals surface area contributed by atoms with Gasteiger partial charge < -0.3 is 5.32 Å². The molecule has 38 heavy (non-hydrogen) atoms. The summed E-state index contributed by atoms with van der Waals surface area (Å²) in [5, 5.41) is 3.53. The molecule has 190 valence electrons. The SMILES string of the molecule is O=C1N(CC=Cc2cnc3c(c2)C[C@@]2(C3)C(=O)Nc3ncccc32)C(c2ccccc2Cl)=NC12CCCC2. The van der Waals surface area contributed by atoms with E-state index in [1.807, 2.05) is 54.7 Å². The maximum absolute atomic E-state index is 13.6. The molecule has 0 bridgehead atoms. The third-order valence-electron chi connectivity index (χ3n) is 8.39. The van der Waals surface area contributed by atoms with Crippen molar-refractivity contribution in [2.45, 2.75) is 49.5 Å². The largest absolute Gasteiger partial charge is 0.310 e. The van der Waals surface area contributed by atoms with Crippen LogP contribution in [0.4, 0.5) is 5.82 Å². The van der Waals surface area contributed by atoms with E-state index < -0.39 is 11.0 Å². The van der Waals surface area contributed by atoms with E-state index in [0.717, 1.165) is 53.6 Å². The minimum Gasteiger partial charge on any atom is -0.310 e. The first-order valence-electron chi connectivity index (χ1n) is 13.1. The average Bonchev–Trinajstić information content (AvgIpc) is 3.67. The fourth-order valence-corrected chi connectivity index (χ4v) is 6.70. The highest BCUT2D eigenvalue weighted by atomic mass is 35.5. The van der Waals surface area contributed by atoms with Crippen molar-refractivity contribution in [3.63, 3.8) is 0 Å². The quantitative estimate of drug-likeness (QED) is 0.535. The number of benzene rings is 1. The summed E-state index contributed by atoms with van der Waals surface area (Å²) in [4.78, 5) is 42.3. The molecule has 7 rings (SSSR count). The molecule has 1 N–H and O–H groups in total. The van der Waals surface area contributed by atoms with E-state index in [4.69, 9.17) is 21.6 Å². The lowest BCUT2D eigenvalue weighted by atomic mass is 9.80. The molecule has 1 aromatic carbocycles. The minimum absolute atomic E-state index is 0.0129. The van der Waals surface area contributed by atoms with Gasteiger partial charge in [-0.1, -0.05) is 54.8 Å². The lowest BCUT2D eigenvalue weighted by Crippen LogP contribution is -2.41. The van der Waals surface area contributed by atoms with Crippen LogP contribution in [-0.4, -0.2) is 44.6 Å². The Bertz CT molecular complexity index is 1560. The predicted octanol–water partition coefficient (Wildman–Crippen LogP) is 4.73. The van der Waals surface area contributed by atoms with E-state index in [-0.39, 0.29) is 11.8 Å². The monoisotopic (exact) mass is 523 g/mol. The number of aliphatic imine (C=N–C) groups is 1. The van der Waals surface area contributed by atoms with E-state index in [2.05, 4.69) is 16.4 Å². The zero-order valence-corrected chi connectivity index (χ0v) is 21.5. The molecule has 0 unspecified atom stereocenters. The maximum Gasteiger partial charge on any atom is 0.256 e. The highest BCUT2D eigenvalue weighted by molar-refractivity contribution is 6.35. The molecule has 3 aromatic rings. The number of halogens is 1. The highest BCUT2D eigenvalue weighted by Gasteiger charge is 2.52. The van der Waals surface area contributed by atoms with Crippen LogP contribution in [0.5, 0.6) is 0 Å². The van der Waals surface area contributed by atoms with Crippen LogP contribution in [0.1, 0.15) is 53.6 Å². The number of amides is 2. The number of anilines is 1. The summed E-state index contributed by atoms with van der Waals surface area (Å²) >= 11 is 6.51. The summed E-state index contributed by atoms with van der Waals surface area (Å²) in [6.07, 6.45) is 12.2. The van der Waals surface area contributed by atoms with Crippen LogP contribution in [0.2, 0.25) is 5.02 Å². The zero-order chi connectivity index (χ0) is 25.9. The Labute approximate surface area is 225 Å². The van der Waals surface area contributed by atoms with Gasteiger partial charge in [-0.15, -0.1) is 0 Å². The van der Waals surface area contributed by atoms with Crippen LogP contribution < -0.4 is 5.32 Å². The molecule has 2 aliphatic carbocycles. The first-order chi connectivity index (χ1) is 18.5. The Morgan fingerprint density at radius 1 is 1.05 bits per heavy atom. The summed E-state index contributed by atoms with van der Waals surface area (Å²) in [5.74, 6) is 1.35. The van der Waals surface area contributed by atoms with Crippen molar-refractivity contribution in [2.75, 3.05) is 11.9 Å². The van der Waals surface area contributed by atoms with Crippen LogP contribution in [0.25, 0.3) is 6.08 Å². The molecule has 2 amide bonds. The van der Waals surface area contributed by atoms with Gasteiger partial charge >= 0.3 is 0 Å². The molecule has 7 nitrogen and oxygen atoms in total. The second kappa shape index (κ2) is 8.60. The van der Waals surface area contributed by atoms with Gasteiger partial charge in [0.05, 0.1) is 10.4 Å². The highest BCUT2D eigenvalue weighted by Crippen LogP contribution is 2.46. The molecule has 0 radical (unpaired) electrons. The van der Waals surface area contributed by atoms with E-state index >= 15 is 0 Å². The number of fused-ring (bicyclic) bond motifs is 3. The van der Waals surface area contributed by atoms with Crippen molar-refractivity contribution in [1.29, 1.82) is 0 Å². The fraction of sp³-hybridized carbons (Fsp3) is 0.300. The topological polar surface area (TPSA) is 87.5 Å². The fourth-order valence-electron chi connectivity index (χ4n) is 6.48. The molecule has 1 saturated carbocycles. The molecule has 4 aliphatic rings. The van der Waals surface area contributed by atoms with Gasteiger partial charge in [0.25, 0.3) is 5.91 Å². The van der Waals surface area contributed by atoms with Gasteiger partial charge in [-0.2, -0.15) is 0 Å². The number of pyridine rings is 2. The first kappa shape index (κ1) is 23.3. The smallest absolute Gasteiger partial charge is 0.256 e. The van der Waals surface area contributed by atoms with Crippen molar-refractivity contribution in [3.8, 4) is 0 Å². The number of nitrogens with one attached hydrogen (secondary N) is 1.